The maximum absolute atomic E-state index is 10.8. The van der Waals surface area contributed by atoms with Crippen molar-refractivity contribution in [1.29, 1.82) is 0 Å². The molecule has 0 aromatic heterocycles. The van der Waals surface area contributed by atoms with E-state index < -0.39 is 12.1 Å². The monoisotopic (exact) mass is 261 g/mol. The van der Waals surface area contributed by atoms with Crippen LogP contribution in [0.2, 0.25) is 0 Å². The molecule has 1 aromatic carbocycles. The summed E-state index contributed by atoms with van der Waals surface area (Å²) in [6, 6.07) is 6.72. The van der Waals surface area contributed by atoms with Gasteiger partial charge in [0, 0.05) is 6.54 Å². The van der Waals surface area contributed by atoms with Crippen LogP contribution in [0.4, 0.5) is 0 Å². The van der Waals surface area contributed by atoms with E-state index in [1.54, 1.807) is 24.3 Å². The minimum Gasteiger partial charge on any atom is -0.482 e. The van der Waals surface area contributed by atoms with E-state index >= 15 is 0 Å². The molecule has 0 saturated heterocycles. The van der Waals surface area contributed by atoms with Crippen molar-refractivity contribution in [2.24, 2.45) is 5.73 Å². The van der Waals surface area contributed by atoms with E-state index in [4.69, 9.17) is 10.5 Å². The fourth-order valence-electron chi connectivity index (χ4n) is 1.12. The van der Waals surface area contributed by atoms with Gasteiger partial charge in [-0.25, -0.2) is 4.79 Å². The molecule has 3 N–H and O–H groups in total. The van der Waals surface area contributed by atoms with Crippen molar-refractivity contribution in [3.05, 3.63) is 29.8 Å². The predicted octanol–water partition coefficient (Wildman–Crippen LogP) is 0.652. The first-order valence-electron chi connectivity index (χ1n) is 4.85. The average molecular weight is 262 g/mol. The summed E-state index contributed by atoms with van der Waals surface area (Å²) < 4.78 is 9.57. The lowest BCUT2D eigenvalue weighted by molar-refractivity contribution is -0.142. The maximum Gasteiger partial charge on any atom is 0.343 e. The number of hydrogen-bond donors (Lipinski definition) is 2. The summed E-state index contributed by atoms with van der Waals surface area (Å²) in [6.45, 7) is 0.0393. The first kappa shape index (κ1) is 15.7. The summed E-state index contributed by atoms with van der Waals surface area (Å²) in [6.07, 6.45) is -0.672. The smallest absolute Gasteiger partial charge is 0.343 e. The number of nitrogens with two attached hydrogens (primary N) is 1. The highest BCUT2D eigenvalue weighted by atomic mass is 35.5. The van der Waals surface area contributed by atoms with E-state index in [1.807, 2.05) is 0 Å². The highest BCUT2D eigenvalue weighted by Gasteiger charge is 2.05. The molecule has 0 bridgehead atoms. The quantitative estimate of drug-likeness (QED) is 0.761. The Morgan fingerprint density at radius 2 is 2.00 bits per heavy atom. The topological polar surface area (TPSA) is 81.8 Å². The van der Waals surface area contributed by atoms with Crippen LogP contribution < -0.4 is 10.5 Å². The largest absolute Gasteiger partial charge is 0.482 e. The van der Waals surface area contributed by atoms with Crippen LogP contribution in [0.3, 0.4) is 0 Å². The van der Waals surface area contributed by atoms with E-state index in [1.165, 1.54) is 7.11 Å². The number of methoxy groups -OCH3 is 1. The zero-order valence-electron chi connectivity index (χ0n) is 9.46. The molecule has 0 aliphatic heterocycles. The third-order valence-corrected chi connectivity index (χ3v) is 2.07. The average Bonchev–Trinajstić information content (AvgIpc) is 2.35. The molecule has 0 aliphatic rings. The summed E-state index contributed by atoms with van der Waals surface area (Å²) in [5.41, 5.74) is 6.03. The van der Waals surface area contributed by atoms with Gasteiger partial charge in [-0.3, -0.25) is 0 Å². The molecule has 6 heteroatoms. The van der Waals surface area contributed by atoms with Gasteiger partial charge in [-0.2, -0.15) is 0 Å². The van der Waals surface area contributed by atoms with Crippen LogP contribution in [0.5, 0.6) is 5.75 Å². The van der Waals surface area contributed by atoms with Crippen LogP contribution in [0.1, 0.15) is 11.7 Å². The molecular formula is C11H16ClNO4. The van der Waals surface area contributed by atoms with Crippen molar-refractivity contribution in [1.82, 2.24) is 0 Å². The Morgan fingerprint density at radius 3 is 2.47 bits per heavy atom. The van der Waals surface area contributed by atoms with Crippen molar-refractivity contribution in [2.45, 2.75) is 6.10 Å². The normalized spacial score (nSPS) is 11.2. The van der Waals surface area contributed by atoms with E-state index in [-0.39, 0.29) is 25.6 Å². The fourth-order valence-corrected chi connectivity index (χ4v) is 1.12. The van der Waals surface area contributed by atoms with Gasteiger partial charge in [0.15, 0.2) is 6.61 Å². The molecule has 17 heavy (non-hydrogen) atoms. The molecule has 1 unspecified atom stereocenters. The van der Waals surface area contributed by atoms with E-state index in [9.17, 15) is 9.90 Å². The highest BCUT2D eigenvalue weighted by Crippen LogP contribution is 2.16. The molecule has 1 rings (SSSR count). The fraction of sp³-hybridized carbons (Fsp3) is 0.364. The molecule has 96 valence electrons. The van der Waals surface area contributed by atoms with Gasteiger partial charge in [-0.15, -0.1) is 12.4 Å². The van der Waals surface area contributed by atoms with Crippen LogP contribution in [0.25, 0.3) is 0 Å². The molecular weight excluding hydrogens is 246 g/mol. The number of esters is 1. The van der Waals surface area contributed by atoms with Crippen molar-refractivity contribution in [3.8, 4) is 5.75 Å². The van der Waals surface area contributed by atoms with Gasteiger partial charge < -0.3 is 20.3 Å². The second-order valence-corrected chi connectivity index (χ2v) is 3.19. The number of hydrogen-bond acceptors (Lipinski definition) is 5. The Morgan fingerprint density at radius 1 is 1.41 bits per heavy atom. The minimum atomic E-state index is -0.672. The van der Waals surface area contributed by atoms with Crippen LogP contribution in [-0.2, 0) is 9.53 Å². The summed E-state index contributed by atoms with van der Waals surface area (Å²) >= 11 is 0. The maximum atomic E-state index is 10.8. The van der Waals surface area contributed by atoms with Gasteiger partial charge in [-0.1, -0.05) is 12.1 Å². The lowest BCUT2D eigenvalue weighted by Crippen LogP contribution is -2.13. The Kier molecular flexibility index (Phi) is 7.29. The van der Waals surface area contributed by atoms with Gasteiger partial charge >= 0.3 is 5.97 Å². The number of halogens is 1. The third-order valence-electron chi connectivity index (χ3n) is 2.07. The molecule has 0 radical (unpaired) electrons. The van der Waals surface area contributed by atoms with Gasteiger partial charge in [0.1, 0.15) is 5.75 Å². The molecule has 0 saturated carbocycles. The van der Waals surface area contributed by atoms with Crippen molar-refractivity contribution in [2.75, 3.05) is 20.3 Å². The number of carbonyl (C=O) groups is 1. The van der Waals surface area contributed by atoms with Crippen LogP contribution >= 0.6 is 12.4 Å². The van der Waals surface area contributed by atoms with E-state index in [0.717, 1.165) is 0 Å². The number of aliphatic hydroxyl groups excluding tert-OH is 1. The standard InChI is InChI=1S/C11H15NO4.ClH/c1-15-11(14)7-16-9-4-2-8(3-5-9)10(13)6-12;/h2-5,10,13H,6-7,12H2,1H3;1H. The zero-order chi connectivity index (χ0) is 12.0. The van der Waals surface area contributed by atoms with Gasteiger partial charge in [0.2, 0.25) is 0 Å². The molecule has 0 spiro atoms. The van der Waals surface area contributed by atoms with Crippen molar-refractivity contribution >= 4 is 18.4 Å². The van der Waals surface area contributed by atoms with Gasteiger partial charge in [0.25, 0.3) is 0 Å². The predicted molar refractivity (Wildman–Crippen MR) is 65.2 cm³/mol. The number of aliphatic hydroxyl groups is 1. The summed E-state index contributed by atoms with van der Waals surface area (Å²) in [5.74, 6) is 0.101. The molecule has 0 aliphatic carbocycles. The molecule has 5 nitrogen and oxygen atoms in total. The Labute approximate surface area is 106 Å². The summed E-state index contributed by atoms with van der Waals surface area (Å²) in [4.78, 5) is 10.8. The Balaban J connectivity index is 0.00000256. The SMILES string of the molecule is COC(=O)COc1ccc(C(O)CN)cc1.Cl. The molecule has 0 amide bonds. The minimum absolute atomic E-state index is 0. The van der Waals surface area contributed by atoms with E-state index in [2.05, 4.69) is 4.74 Å². The van der Waals surface area contributed by atoms with Crippen molar-refractivity contribution in [3.63, 3.8) is 0 Å². The first-order valence-corrected chi connectivity index (χ1v) is 4.85. The zero-order valence-corrected chi connectivity index (χ0v) is 10.3. The van der Waals surface area contributed by atoms with Crippen molar-refractivity contribution < 1.29 is 19.4 Å². The molecule has 0 heterocycles. The van der Waals surface area contributed by atoms with Crippen LogP contribution in [0.15, 0.2) is 24.3 Å². The lowest BCUT2D eigenvalue weighted by Gasteiger charge is -2.09. The second kappa shape index (κ2) is 7.89. The lowest BCUT2D eigenvalue weighted by atomic mass is 10.1. The molecule has 1 atom stereocenters. The second-order valence-electron chi connectivity index (χ2n) is 3.19. The number of rotatable bonds is 5. The van der Waals surface area contributed by atoms with Gasteiger partial charge in [-0.05, 0) is 17.7 Å². The van der Waals surface area contributed by atoms with E-state index in [0.29, 0.717) is 11.3 Å². The van der Waals surface area contributed by atoms with Gasteiger partial charge in [0.05, 0.1) is 13.2 Å². The highest BCUT2D eigenvalue weighted by molar-refractivity contribution is 5.85. The van der Waals surface area contributed by atoms with Crippen LogP contribution in [0, 0.1) is 0 Å². The number of carbonyl (C=O) groups excluding carboxylic acids is 1. The third kappa shape index (κ3) is 5.04. The Bertz CT molecular complexity index is 342. The summed E-state index contributed by atoms with van der Waals surface area (Å²) in [5, 5.41) is 9.44. The first-order chi connectivity index (χ1) is 7.67. The Hall–Kier alpha value is -1.30. The number of ether oxygens (including phenoxy) is 2. The molecule has 0 fully saturated rings. The van der Waals surface area contributed by atoms with Crippen LogP contribution in [-0.4, -0.2) is 31.3 Å². The summed E-state index contributed by atoms with van der Waals surface area (Å²) in [7, 11) is 1.30. The number of benzene rings is 1. The molecule has 1 aromatic rings.